The van der Waals surface area contributed by atoms with Gasteiger partial charge in [-0.15, -0.1) is 0 Å². The van der Waals surface area contributed by atoms with Gasteiger partial charge in [0.2, 0.25) is 0 Å². The first-order chi connectivity index (χ1) is 11.0. The fourth-order valence-corrected chi connectivity index (χ4v) is 6.12. The van der Waals surface area contributed by atoms with Crippen LogP contribution in [0.3, 0.4) is 0 Å². The Morgan fingerprint density at radius 1 is 0.565 bits per heavy atom. The molecule has 0 saturated heterocycles. The van der Waals surface area contributed by atoms with Gasteiger partial charge in [-0.1, -0.05) is 46.4 Å². The van der Waals surface area contributed by atoms with Gasteiger partial charge in [-0.05, 0) is 36.4 Å². The summed E-state index contributed by atoms with van der Waals surface area (Å²) in [5, 5.41) is 4.96. The van der Waals surface area contributed by atoms with E-state index in [1.807, 2.05) is 36.4 Å². The summed E-state index contributed by atoms with van der Waals surface area (Å²) < 4.78 is 2.41. The Morgan fingerprint density at radius 3 is 1.57 bits per heavy atom. The van der Waals surface area contributed by atoms with Gasteiger partial charge in [0, 0.05) is 54.5 Å². The van der Waals surface area contributed by atoms with E-state index in [1.54, 1.807) is 6.07 Å². The second kappa shape index (κ2) is 5.84. The van der Waals surface area contributed by atoms with E-state index >= 15 is 0 Å². The van der Waals surface area contributed by atoms with E-state index in [0.29, 0.717) is 20.1 Å². The zero-order chi connectivity index (χ0) is 16.1. The molecule has 0 fully saturated rings. The Kier molecular flexibility index (Phi) is 3.95. The molecular formula is C18H9Cl4S+. The maximum Gasteiger partial charge on any atom is 0.198 e. The van der Waals surface area contributed by atoms with Crippen LogP contribution in [0, 0.1) is 0 Å². The second-order valence-corrected chi connectivity index (χ2v) is 8.81. The van der Waals surface area contributed by atoms with Crippen LogP contribution in [0.15, 0.2) is 54.6 Å². The Balaban J connectivity index is 2.20. The fourth-order valence-electron chi connectivity index (χ4n) is 2.78. The smallest absolute Gasteiger partial charge is 0.0843 e. The summed E-state index contributed by atoms with van der Waals surface area (Å²) in [5.74, 6) is 0. The maximum atomic E-state index is 6.48. The summed E-state index contributed by atoms with van der Waals surface area (Å²) in [7, 11) is -0.285. The molecule has 0 bridgehead atoms. The minimum Gasteiger partial charge on any atom is -0.0843 e. The third-order valence-corrected chi connectivity index (χ3v) is 7.24. The minimum atomic E-state index is -0.285. The fraction of sp³-hybridized carbons (Fsp3) is 0. The van der Waals surface area contributed by atoms with Crippen molar-refractivity contribution in [3.05, 3.63) is 74.7 Å². The van der Waals surface area contributed by atoms with Crippen molar-refractivity contribution >= 4 is 77.0 Å². The molecule has 4 aromatic rings. The molecule has 0 aliphatic carbocycles. The van der Waals surface area contributed by atoms with Gasteiger partial charge < -0.3 is 0 Å². The molecule has 1 aromatic heterocycles. The molecule has 0 unspecified atom stereocenters. The summed E-state index contributed by atoms with van der Waals surface area (Å²) in [6, 6.07) is 17.6. The van der Waals surface area contributed by atoms with Crippen LogP contribution in [0.5, 0.6) is 0 Å². The Hall–Kier alpha value is -0.960. The molecule has 0 nitrogen and oxygen atoms in total. The summed E-state index contributed by atoms with van der Waals surface area (Å²) >= 11 is 24.9. The number of halogens is 4. The van der Waals surface area contributed by atoms with E-state index in [0.717, 1.165) is 15.7 Å². The van der Waals surface area contributed by atoms with Crippen LogP contribution in [0.4, 0.5) is 0 Å². The first kappa shape index (κ1) is 15.6. The van der Waals surface area contributed by atoms with Crippen LogP contribution in [-0.2, 0) is 0 Å². The average molecular weight is 399 g/mol. The lowest BCUT2D eigenvalue weighted by molar-refractivity contribution is 1.75. The molecular weight excluding hydrogens is 390 g/mol. The normalized spacial score (nSPS) is 11.5. The number of thiophene rings is 1. The summed E-state index contributed by atoms with van der Waals surface area (Å²) in [5.41, 5.74) is 0. The van der Waals surface area contributed by atoms with Gasteiger partial charge in [0.1, 0.15) is 5.02 Å². The van der Waals surface area contributed by atoms with Crippen LogP contribution in [0.25, 0.3) is 25.1 Å². The van der Waals surface area contributed by atoms with Crippen LogP contribution < -0.4 is 0 Å². The van der Waals surface area contributed by atoms with Crippen molar-refractivity contribution in [1.29, 1.82) is 0 Å². The predicted molar refractivity (Wildman–Crippen MR) is 105 cm³/mol. The highest BCUT2D eigenvalue weighted by Gasteiger charge is 2.26. The van der Waals surface area contributed by atoms with Crippen molar-refractivity contribution in [3.63, 3.8) is 0 Å². The van der Waals surface area contributed by atoms with E-state index in [9.17, 15) is 0 Å². The molecule has 0 amide bonds. The zero-order valence-corrected chi connectivity index (χ0v) is 15.5. The Labute approximate surface area is 156 Å². The van der Waals surface area contributed by atoms with Crippen LogP contribution in [-0.4, -0.2) is 0 Å². The Morgan fingerprint density at radius 2 is 1.04 bits per heavy atom. The first-order valence-corrected chi connectivity index (χ1v) is 9.57. The molecule has 4 rings (SSSR count). The van der Waals surface area contributed by atoms with Gasteiger partial charge in [0.05, 0.1) is 0 Å². The summed E-state index contributed by atoms with van der Waals surface area (Å²) in [4.78, 5) is 1.06. The molecule has 0 aliphatic heterocycles. The number of rotatable bonds is 1. The number of fused-ring (bicyclic) bond motifs is 3. The van der Waals surface area contributed by atoms with Gasteiger partial charge in [-0.25, -0.2) is 0 Å². The second-order valence-electron chi connectivity index (χ2n) is 5.16. The van der Waals surface area contributed by atoms with Crippen LogP contribution in [0.1, 0.15) is 0 Å². The van der Waals surface area contributed by atoms with Gasteiger partial charge in [-0.3, -0.25) is 0 Å². The molecule has 0 N–H and O–H groups in total. The van der Waals surface area contributed by atoms with Gasteiger partial charge in [-0.2, -0.15) is 0 Å². The predicted octanol–water partition coefficient (Wildman–Crippen LogP) is 8.34. The monoisotopic (exact) mass is 397 g/mol. The number of hydrogen-bond donors (Lipinski definition) is 0. The van der Waals surface area contributed by atoms with Crippen LogP contribution in [0.2, 0.25) is 20.1 Å². The molecule has 1 heterocycles. The highest BCUT2D eigenvalue weighted by molar-refractivity contribution is 7.50. The van der Waals surface area contributed by atoms with Crippen molar-refractivity contribution in [3.8, 4) is 4.90 Å². The van der Waals surface area contributed by atoms with Crippen LogP contribution >= 0.6 is 56.9 Å². The van der Waals surface area contributed by atoms with Gasteiger partial charge in [0.25, 0.3) is 0 Å². The molecule has 0 radical (unpaired) electrons. The maximum absolute atomic E-state index is 6.48. The molecule has 0 atom stereocenters. The lowest BCUT2D eigenvalue weighted by Gasteiger charge is -1.98. The first-order valence-electron chi connectivity index (χ1n) is 6.83. The third kappa shape index (κ3) is 2.61. The van der Waals surface area contributed by atoms with E-state index in [2.05, 4.69) is 12.1 Å². The highest BCUT2D eigenvalue weighted by Crippen LogP contribution is 2.51. The van der Waals surface area contributed by atoms with E-state index < -0.39 is 0 Å². The van der Waals surface area contributed by atoms with Crippen molar-refractivity contribution in [2.45, 2.75) is 0 Å². The molecule has 23 heavy (non-hydrogen) atoms. The number of benzene rings is 3. The molecule has 0 spiro atoms. The molecule has 0 aliphatic rings. The lowest BCUT2D eigenvalue weighted by Crippen LogP contribution is -1.74. The summed E-state index contributed by atoms with van der Waals surface area (Å²) in [6.45, 7) is 0. The Bertz CT molecular complexity index is 1010. The quantitative estimate of drug-likeness (QED) is 0.282. The molecule has 114 valence electrons. The van der Waals surface area contributed by atoms with Crippen molar-refractivity contribution < 1.29 is 0 Å². The standard InChI is InChI=1S/C18H9Cl4S/c19-10-1-4-16-13(7-10)14-8-11(20)2-5-17(14)23(16)18-6-3-12(21)9-15(18)22/h1-9H/q+1. The molecule has 3 aromatic carbocycles. The largest absolute Gasteiger partial charge is 0.198 e. The van der Waals surface area contributed by atoms with Crippen molar-refractivity contribution in [1.82, 2.24) is 0 Å². The zero-order valence-electron chi connectivity index (χ0n) is 11.6. The van der Waals surface area contributed by atoms with E-state index in [4.69, 9.17) is 46.4 Å². The molecule has 5 heteroatoms. The highest BCUT2D eigenvalue weighted by atomic mass is 35.5. The average Bonchev–Trinajstić information content (AvgIpc) is 2.81. The third-order valence-electron chi connectivity index (χ3n) is 3.73. The van der Waals surface area contributed by atoms with E-state index in [1.165, 1.54) is 9.40 Å². The minimum absolute atomic E-state index is 0.285. The van der Waals surface area contributed by atoms with Crippen molar-refractivity contribution in [2.75, 3.05) is 0 Å². The van der Waals surface area contributed by atoms with Gasteiger partial charge >= 0.3 is 0 Å². The number of hydrogen-bond acceptors (Lipinski definition) is 0. The SMILES string of the molecule is Clc1ccc(-[s+]2c3ccc(Cl)cc3c3cc(Cl)ccc32)c(Cl)c1. The topological polar surface area (TPSA) is 0 Å². The molecule has 0 saturated carbocycles. The summed E-state index contributed by atoms with van der Waals surface area (Å²) in [6.07, 6.45) is 0. The lowest BCUT2D eigenvalue weighted by atomic mass is 10.1. The van der Waals surface area contributed by atoms with Gasteiger partial charge in [0.15, 0.2) is 14.3 Å². The van der Waals surface area contributed by atoms with E-state index in [-0.39, 0.29) is 10.5 Å². The van der Waals surface area contributed by atoms with Crippen molar-refractivity contribution in [2.24, 2.45) is 0 Å².